The van der Waals surface area contributed by atoms with Gasteiger partial charge in [-0.05, 0) is 43.0 Å². The molecule has 5 nitrogen and oxygen atoms in total. The number of nitrogens with one attached hydrogen (secondary N) is 1. The molecule has 1 aromatic carbocycles. The fourth-order valence-corrected chi connectivity index (χ4v) is 2.33. The second-order valence-electron chi connectivity index (χ2n) is 5.39. The highest BCUT2D eigenvalue weighted by molar-refractivity contribution is 5.90. The Balaban J connectivity index is 2.01. The van der Waals surface area contributed by atoms with Gasteiger partial charge in [-0.1, -0.05) is 6.92 Å². The second-order valence-corrected chi connectivity index (χ2v) is 5.39. The average Bonchev–Trinajstić information content (AvgIpc) is 2.43. The summed E-state index contributed by atoms with van der Waals surface area (Å²) in [5, 5.41) is 12.7. The summed E-state index contributed by atoms with van der Waals surface area (Å²) < 4.78 is 5.14. The van der Waals surface area contributed by atoms with Gasteiger partial charge in [-0.2, -0.15) is 0 Å². The summed E-state index contributed by atoms with van der Waals surface area (Å²) in [4.78, 5) is 13.9. The van der Waals surface area contributed by atoms with E-state index in [9.17, 15) is 9.90 Å². The molecule has 1 heterocycles. The first-order valence-electron chi connectivity index (χ1n) is 6.90. The number of aliphatic hydroxyl groups is 1. The first-order chi connectivity index (χ1) is 9.51. The van der Waals surface area contributed by atoms with Gasteiger partial charge in [0.15, 0.2) is 0 Å². The molecule has 2 rings (SSSR count). The van der Waals surface area contributed by atoms with Crippen molar-refractivity contribution in [2.45, 2.75) is 26.4 Å². The van der Waals surface area contributed by atoms with E-state index in [4.69, 9.17) is 4.74 Å². The Morgan fingerprint density at radius 3 is 2.85 bits per heavy atom. The van der Waals surface area contributed by atoms with Crippen molar-refractivity contribution in [3.05, 3.63) is 23.8 Å². The molecular formula is C15H22N2O3. The number of carbonyl (C=O) groups is 1. The second kappa shape index (κ2) is 6.13. The van der Waals surface area contributed by atoms with E-state index in [-0.39, 0.29) is 11.9 Å². The zero-order valence-electron chi connectivity index (χ0n) is 12.2. The summed E-state index contributed by atoms with van der Waals surface area (Å²) in [6.45, 7) is 5.00. The summed E-state index contributed by atoms with van der Waals surface area (Å²) in [6, 6.07) is 5.36. The van der Waals surface area contributed by atoms with Gasteiger partial charge in [0.25, 0.3) is 0 Å². The first-order valence-corrected chi connectivity index (χ1v) is 6.90. The van der Waals surface area contributed by atoms with E-state index in [1.165, 1.54) is 0 Å². The number of piperidine rings is 1. The van der Waals surface area contributed by atoms with Gasteiger partial charge in [-0.3, -0.25) is 0 Å². The summed E-state index contributed by atoms with van der Waals surface area (Å²) in [5.41, 5.74) is 1.72. The summed E-state index contributed by atoms with van der Waals surface area (Å²) in [7, 11) is 1.61. The van der Waals surface area contributed by atoms with Crippen LogP contribution in [0.2, 0.25) is 0 Å². The smallest absolute Gasteiger partial charge is 0.321 e. The number of hydrogen-bond acceptors (Lipinski definition) is 3. The lowest BCUT2D eigenvalue weighted by Gasteiger charge is -2.34. The van der Waals surface area contributed by atoms with Crippen LogP contribution in [0.4, 0.5) is 10.5 Å². The summed E-state index contributed by atoms with van der Waals surface area (Å²) >= 11 is 0. The molecule has 1 fully saturated rings. The molecule has 5 heteroatoms. The number of nitrogens with zero attached hydrogens (tertiary/aromatic N) is 1. The van der Waals surface area contributed by atoms with Crippen LogP contribution in [0.25, 0.3) is 0 Å². The Morgan fingerprint density at radius 2 is 2.25 bits per heavy atom. The lowest BCUT2D eigenvalue weighted by molar-refractivity contribution is 0.0464. The Kier molecular flexibility index (Phi) is 4.49. The van der Waals surface area contributed by atoms with E-state index in [0.29, 0.717) is 13.1 Å². The largest absolute Gasteiger partial charge is 0.497 e. The van der Waals surface area contributed by atoms with Crippen LogP contribution in [-0.2, 0) is 0 Å². The molecule has 0 radical (unpaired) electrons. The van der Waals surface area contributed by atoms with Gasteiger partial charge in [0.1, 0.15) is 5.75 Å². The van der Waals surface area contributed by atoms with Gasteiger partial charge in [0, 0.05) is 18.8 Å². The van der Waals surface area contributed by atoms with Crippen LogP contribution in [0, 0.1) is 12.8 Å². The van der Waals surface area contributed by atoms with Crippen LogP contribution in [0.1, 0.15) is 18.9 Å². The Labute approximate surface area is 119 Å². The third-order valence-electron chi connectivity index (χ3n) is 3.88. The molecule has 1 aliphatic heterocycles. The number of anilines is 1. The fourth-order valence-electron chi connectivity index (χ4n) is 2.33. The van der Waals surface area contributed by atoms with E-state index in [0.717, 1.165) is 23.4 Å². The molecule has 1 aromatic rings. The van der Waals surface area contributed by atoms with Crippen molar-refractivity contribution in [3.63, 3.8) is 0 Å². The van der Waals surface area contributed by atoms with Crippen LogP contribution >= 0.6 is 0 Å². The van der Waals surface area contributed by atoms with E-state index >= 15 is 0 Å². The molecule has 0 spiro atoms. The van der Waals surface area contributed by atoms with E-state index in [2.05, 4.69) is 5.32 Å². The maximum Gasteiger partial charge on any atom is 0.321 e. The molecule has 1 aliphatic rings. The first kappa shape index (κ1) is 14.7. The van der Waals surface area contributed by atoms with E-state index < -0.39 is 6.10 Å². The Hall–Kier alpha value is -1.75. The molecule has 2 unspecified atom stereocenters. The number of ether oxygens (including phenoxy) is 1. The van der Waals surface area contributed by atoms with E-state index in [1.807, 2.05) is 32.0 Å². The molecule has 20 heavy (non-hydrogen) atoms. The van der Waals surface area contributed by atoms with Gasteiger partial charge < -0.3 is 20.1 Å². The number of hydrogen-bond donors (Lipinski definition) is 2. The van der Waals surface area contributed by atoms with Crippen molar-refractivity contribution in [2.75, 3.05) is 25.5 Å². The highest BCUT2D eigenvalue weighted by Crippen LogP contribution is 2.22. The van der Waals surface area contributed by atoms with Crippen molar-refractivity contribution in [1.29, 1.82) is 0 Å². The van der Waals surface area contributed by atoms with Crippen LogP contribution in [0.15, 0.2) is 18.2 Å². The number of rotatable bonds is 2. The molecule has 0 aromatic heterocycles. The average molecular weight is 278 g/mol. The molecule has 2 N–H and O–H groups in total. The molecule has 0 saturated carbocycles. The van der Waals surface area contributed by atoms with Gasteiger partial charge in [0.05, 0.1) is 13.2 Å². The van der Waals surface area contributed by atoms with Crippen molar-refractivity contribution in [1.82, 2.24) is 4.90 Å². The maximum absolute atomic E-state index is 12.2. The number of methoxy groups -OCH3 is 1. The van der Waals surface area contributed by atoms with Crippen molar-refractivity contribution in [3.8, 4) is 5.75 Å². The maximum atomic E-state index is 12.2. The lowest BCUT2D eigenvalue weighted by atomic mass is 9.96. The van der Waals surface area contributed by atoms with Gasteiger partial charge in [0.2, 0.25) is 0 Å². The molecule has 0 aliphatic carbocycles. The zero-order chi connectivity index (χ0) is 14.7. The van der Waals surface area contributed by atoms with E-state index in [1.54, 1.807) is 12.0 Å². The minimum Gasteiger partial charge on any atom is -0.497 e. The highest BCUT2D eigenvalue weighted by Gasteiger charge is 2.27. The highest BCUT2D eigenvalue weighted by atomic mass is 16.5. The van der Waals surface area contributed by atoms with Crippen LogP contribution in [0.5, 0.6) is 5.75 Å². The SMILES string of the molecule is COc1ccc(NC(=O)N2CCC(C)C(O)C2)c(C)c1. The molecule has 2 atom stereocenters. The minimum absolute atomic E-state index is 0.163. The standard InChI is InChI=1S/C15H22N2O3/c1-10-6-7-17(9-14(10)18)15(19)16-13-5-4-12(20-3)8-11(13)2/h4-5,8,10,14,18H,6-7,9H2,1-3H3,(H,16,19). The molecule has 2 amide bonds. The van der Waals surface area contributed by atoms with Crippen molar-refractivity contribution >= 4 is 11.7 Å². The van der Waals surface area contributed by atoms with Gasteiger partial charge in [-0.15, -0.1) is 0 Å². The van der Waals surface area contributed by atoms with Gasteiger partial charge in [-0.25, -0.2) is 4.79 Å². The van der Waals surface area contributed by atoms with Crippen molar-refractivity contribution < 1.29 is 14.6 Å². The Morgan fingerprint density at radius 1 is 1.50 bits per heavy atom. The van der Waals surface area contributed by atoms with Crippen LogP contribution < -0.4 is 10.1 Å². The predicted octanol–water partition coefficient (Wildman–Crippen LogP) is 2.24. The third kappa shape index (κ3) is 3.22. The number of aliphatic hydroxyl groups excluding tert-OH is 1. The lowest BCUT2D eigenvalue weighted by Crippen LogP contribution is -2.47. The number of carbonyl (C=O) groups excluding carboxylic acids is 1. The number of benzene rings is 1. The van der Waals surface area contributed by atoms with Gasteiger partial charge >= 0.3 is 6.03 Å². The quantitative estimate of drug-likeness (QED) is 0.872. The normalized spacial score (nSPS) is 22.5. The number of likely N-dealkylation sites (tertiary alicyclic amines) is 1. The Bertz CT molecular complexity index is 490. The number of urea groups is 1. The topological polar surface area (TPSA) is 61.8 Å². The molecule has 110 valence electrons. The zero-order valence-corrected chi connectivity index (χ0v) is 12.2. The third-order valence-corrected chi connectivity index (χ3v) is 3.88. The summed E-state index contributed by atoms with van der Waals surface area (Å²) in [5.74, 6) is 1.02. The minimum atomic E-state index is -0.438. The monoisotopic (exact) mass is 278 g/mol. The number of aryl methyl sites for hydroxylation is 1. The molecule has 0 bridgehead atoms. The number of β-amino-alcohol motifs (C(OH)–C–C–N with tert-alkyl or cyclic N) is 1. The predicted molar refractivity (Wildman–Crippen MR) is 78.1 cm³/mol. The fraction of sp³-hybridized carbons (Fsp3) is 0.533. The molecular weight excluding hydrogens is 256 g/mol. The molecule has 1 saturated heterocycles. The van der Waals surface area contributed by atoms with Crippen molar-refractivity contribution in [2.24, 2.45) is 5.92 Å². The number of amides is 2. The summed E-state index contributed by atoms with van der Waals surface area (Å²) in [6.07, 6.45) is 0.391. The van der Waals surface area contributed by atoms with Crippen LogP contribution in [-0.4, -0.2) is 42.3 Å². The van der Waals surface area contributed by atoms with Crippen LogP contribution in [0.3, 0.4) is 0 Å².